The Morgan fingerprint density at radius 1 is 1.79 bits per heavy atom. The summed E-state index contributed by atoms with van der Waals surface area (Å²) in [5, 5.41) is 4.31. The third kappa shape index (κ3) is 4.46. The van der Waals surface area contributed by atoms with Gasteiger partial charge in [0.15, 0.2) is 5.17 Å². The van der Waals surface area contributed by atoms with Crippen molar-refractivity contribution in [2.75, 3.05) is 24.3 Å². The summed E-state index contributed by atoms with van der Waals surface area (Å²) >= 11 is 1.77. The highest BCUT2D eigenvalue weighted by Crippen LogP contribution is 2.15. The summed E-state index contributed by atoms with van der Waals surface area (Å²) < 4.78 is 11.0. The van der Waals surface area contributed by atoms with E-state index in [4.69, 9.17) is 0 Å². The highest BCUT2D eigenvalue weighted by molar-refractivity contribution is 8.13. The molecule has 0 fully saturated rings. The van der Waals surface area contributed by atoms with Crippen molar-refractivity contribution >= 4 is 27.7 Å². The fourth-order valence-corrected chi connectivity index (χ4v) is 3.04. The molecule has 1 heterocycles. The van der Waals surface area contributed by atoms with Crippen LogP contribution in [-0.4, -0.2) is 39.7 Å². The van der Waals surface area contributed by atoms with E-state index in [9.17, 15) is 4.21 Å². The van der Waals surface area contributed by atoms with E-state index in [2.05, 4.69) is 17.2 Å². The number of rotatable bonds is 3. The van der Waals surface area contributed by atoms with Crippen LogP contribution in [0.25, 0.3) is 0 Å². The van der Waals surface area contributed by atoms with E-state index in [1.54, 1.807) is 18.0 Å². The third-order valence-electron chi connectivity index (χ3n) is 1.91. The monoisotopic (exact) mass is 234 g/mol. The van der Waals surface area contributed by atoms with Crippen molar-refractivity contribution in [2.24, 2.45) is 10.9 Å². The molecule has 0 spiro atoms. The van der Waals surface area contributed by atoms with Gasteiger partial charge in [-0.15, -0.1) is 0 Å². The van der Waals surface area contributed by atoms with Gasteiger partial charge in [-0.3, -0.25) is 9.20 Å². The number of nitrogens with one attached hydrogen (secondary N) is 1. The Labute approximate surface area is 92.6 Å². The average molecular weight is 234 g/mol. The lowest BCUT2D eigenvalue weighted by molar-refractivity contribution is 0.656. The van der Waals surface area contributed by atoms with Gasteiger partial charge in [-0.25, -0.2) is 0 Å². The second-order valence-electron chi connectivity index (χ2n) is 3.85. The molecule has 1 aliphatic heterocycles. The third-order valence-corrected chi connectivity index (χ3v) is 4.13. The second kappa shape index (κ2) is 5.75. The smallest absolute Gasteiger partial charge is 0.156 e. The maximum atomic E-state index is 11.0. The van der Waals surface area contributed by atoms with Gasteiger partial charge in [-0.1, -0.05) is 18.7 Å². The molecule has 0 saturated heterocycles. The molecule has 3 atom stereocenters. The molecule has 0 aromatic heterocycles. The van der Waals surface area contributed by atoms with Crippen LogP contribution in [0.15, 0.2) is 4.99 Å². The van der Waals surface area contributed by atoms with Gasteiger partial charge in [0.2, 0.25) is 0 Å². The van der Waals surface area contributed by atoms with Crippen LogP contribution in [0.2, 0.25) is 0 Å². The van der Waals surface area contributed by atoms with Gasteiger partial charge < -0.3 is 5.32 Å². The summed E-state index contributed by atoms with van der Waals surface area (Å²) in [6.07, 6.45) is 1.73. The maximum Gasteiger partial charge on any atom is 0.156 e. The van der Waals surface area contributed by atoms with Gasteiger partial charge in [-0.2, -0.15) is 0 Å². The first-order chi connectivity index (χ1) is 6.58. The van der Waals surface area contributed by atoms with Crippen LogP contribution in [0.1, 0.15) is 13.8 Å². The van der Waals surface area contributed by atoms with Crippen LogP contribution in [0.4, 0.5) is 0 Å². The number of thioether (sulfide) groups is 1. The average Bonchev–Trinajstić information content (AvgIpc) is 2.07. The minimum atomic E-state index is -0.734. The van der Waals surface area contributed by atoms with Crippen LogP contribution in [-0.2, 0) is 10.8 Å². The molecule has 1 N–H and O–H groups in total. The summed E-state index contributed by atoms with van der Waals surface area (Å²) in [4.78, 5) is 4.43. The summed E-state index contributed by atoms with van der Waals surface area (Å²) in [7, 11) is -0.734. The summed E-state index contributed by atoms with van der Waals surface area (Å²) in [6, 6.07) is 0.250. The van der Waals surface area contributed by atoms with Crippen LogP contribution in [0.5, 0.6) is 0 Å². The highest BCUT2D eigenvalue weighted by atomic mass is 32.2. The molecule has 0 saturated carbocycles. The predicted molar refractivity (Wildman–Crippen MR) is 65.5 cm³/mol. The minimum absolute atomic E-state index is 0.250. The summed E-state index contributed by atoms with van der Waals surface area (Å²) in [5.41, 5.74) is 0. The molecule has 0 amide bonds. The molecule has 3 nitrogen and oxygen atoms in total. The first kappa shape index (κ1) is 12.0. The van der Waals surface area contributed by atoms with Gasteiger partial charge in [-0.05, 0) is 12.8 Å². The molecule has 0 aromatic rings. The van der Waals surface area contributed by atoms with E-state index in [1.165, 1.54) is 0 Å². The van der Waals surface area contributed by atoms with Crippen LogP contribution in [0, 0.1) is 5.92 Å². The molecule has 5 heteroatoms. The molecule has 14 heavy (non-hydrogen) atoms. The van der Waals surface area contributed by atoms with Crippen molar-refractivity contribution in [1.29, 1.82) is 0 Å². The van der Waals surface area contributed by atoms with Gasteiger partial charge in [0.05, 0.1) is 0 Å². The predicted octanol–water partition coefficient (Wildman–Crippen LogP) is 1.08. The van der Waals surface area contributed by atoms with E-state index < -0.39 is 10.8 Å². The van der Waals surface area contributed by atoms with Gasteiger partial charge in [0.1, 0.15) is 0 Å². The van der Waals surface area contributed by atoms with Crippen molar-refractivity contribution in [3.63, 3.8) is 0 Å². The number of amidine groups is 1. The lowest BCUT2D eigenvalue weighted by Crippen LogP contribution is -2.36. The van der Waals surface area contributed by atoms with E-state index in [0.29, 0.717) is 11.7 Å². The molecule has 0 radical (unpaired) electrons. The molecular formula is C9H18N2OS2. The van der Waals surface area contributed by atoms with Gasteiger partial charge >= 0.3 is 0 Å². The molecule has 1 rings (SSSR count). The van der Waals surface area contributed by atoms with E-state index in [-0.39, 0.29) is 6.04 Å². The molecule has 0 aliphatic carbocycles. The van der Waals surface area contributed by atoms with Crippen molar-refractivity contribution in [3.8, 4) is 0 Å². The Balaban J connectivity index is 2.33. The quantitative estimate of drug-likeness (QED) is 0.794. The fraction of sp³-hybridized carbons (Fsp3) is 0.889. The highest BCUT2D eigenvalue weighted by Gasteiger charge is 2.14. The minimum Gasteiger partial charge on any atom is -0.362 e. The Hall–Kier alpha value is -0.0300. The van der Waals surface area contributed by atoms with Crippen LogP contribution in [0.3, 0.4) is 0 Å². The first-order valence-corrected chi connectivity index (χ1v) is 7.53. The van der Waals surface area contributed by atoms with Crippen molar-refractivity contribution in [1.82, 2.24) is 5.32 Å². The van der Waals surface area contributed by atoms with Gasteiger partial charge in [0, 0.05) is 41.1 Å². The number of hydrogen-bond acceptors (Lipinski definition) is 4. The zero-order valence-electron chi connectivity index (χ0n) is 8.95. The van der Waals surface area contributed by atoms with E-state index >= 15 is 0 Å². The Morgan fingerprint density at radius 2 is 2.50 bits per heavy atom. The zero-order valence-corrected chi connectivity index (χ0v) is 10.6. The fourth-order valence-electron chi connectivity index (χ4n) is 1.25. The van der Waals surface area contributed by atoms with E-state index in [0.717, 1.165) is 17.5 Å². The largest absolute Gasteiger partial charge is 0.362 e. The zero-order chi connectivity index (χ0) is 10.6. The lowest BCUT2D eigenvalue weighted by Gasteiger charge is -2.20. The maximum absolute atomic E-state index is 11.0. The van der Waals surface area contributed by atoms with E-state index in [1.807, 2.05) is 6.92 Å². The summed E-state index contributed by atoms with van der Waals surface area (Å²) in [5.74, 6) is 2.50. The molecule has 82 valence electrons. The summed E-state index contributed by atoms with van der Waals surface area (Å²) in [6.45, 7) is 5.16. The first-order valence-electron chi connectivity index (χ1n) is 4.81. The number of aliphatic imine (C=N–C) groups is 1. The topological polar surface area (TPSA) is 41.5 Å². The van der Waals surface area contributed by atoms with Crippen molar-refractivity contribution in [3.05, 3.63) is 0 Å². The van der Waals surface area contributed by atoms with Crippen molar-refractivity contribution in [2.45, 2.75) is 19.9 Å². The molecular weight excluding hydrogens is 216 g/mol. The number of nitrogens with zero attached hydrogens (tertiary/aromatic N) is 1. The standard InChI is InChI=1S/C9H18N2OS2/c1-7-4-10-9(13-5-7)11-8(2)6-14(3)12/h7-8H,4-6H2,1-3H3,(H,10,11). The van der Waals surface area contributed by atoms with Crippen molar-refractivity contribution < 1.29 is 4.21 Å². The molecule has 1 aliphatic rings. The Bertz CT molecular complexity index is 243. The second-order valence-corrected chi connectivity index (χ2v) is 6.34. The molecule has 0 bridgehead atoms. The van der Waals surface area contributed by atoms with Crippen LogP contribution >= 0.6 is 11.8 Å². The van der Waals surface area contributed by atoms with Crippen LogP contribution < -0.4 is 5.32 Å². The molecule has 0 aromatic carbocycles. The van der Waals surface area contributed by atoms with Gasteiger partial charge in [0.25, 0.3) is 0 Å². The normalized spacial score (nSPS) is 26.5. The Kier molecular flexibility index (Phi) is 4.95. The lowest BCUT2D eigenvalue weighted by atomic mass is 10.2. The molecule has 3 unspecified atom stereocenters. The Morgan fingerprint density at radius 3 is 3.00 bits per heavy atom. The SMILES string of the molecule is CC1CN=C(NC(C)CS(C)=O)SC1. The number of hydrogen-bond donors (Lipinski definition) is 1.